The SMILES string of the molecule is Cc1csc(-c2ccc(-c3cc4sc5cc(-c6ccc(-c7ccc(Br)s7)s6)sc5c4s3)s2)c1. The van der Waals surface area contributed by atoms with Crippen molar-refractivity contribution in [2.24, 2.45) is 0 Å². The first-order chi connectivity index (χ1) is 16.1. The maximum atomic E-state index is 3.58. The molecule has 0 spiro atoms. The van der Waals surface area contributed by atoms with Crippen LogP contribution in [0.1, 0.15) is 5.56 Å². The minimum Gasteiger partial charge on any atom is -0.143 e. The molecule has 0 radical (unpaired) electrons. The molecule has 0 aliphatic heterocycles. The number of rotatable bonds is 4. The molecule has 0 aliphatic carbocycles. The van der Waals surface area contributed by atoms with Crippen LogP contribution in [0.15, 0.2) is 63.8 Å². The van der Waals surface area contributed by atoms with Gasteiger partial charge in [0.1, 0.15) is 0 Å². The van der Waals surface area contributed by atoms with Crippen molar-refractivity contribution in [2.45, 2.75) is 6.92 Å². The van der Waals surface area contributed by atoms with E-state index in [4.69, 9.17) is 0 Å². The van der Waals surface area contributed by atoms with Gasteiger partial charge < -0.3 is 0 Å². The molecule has 0 aromatic carbocycles. The summed E-state index contributed by atoms with van der Waals surface area (Å²) in [7, 11) is 0. The average molecular weight is 618 g/mol. The molecule has 0 bridgehead atoms. The molecule has 0 aliphatic rings. The second-order valence-electron chi connectivity index (χ2n) is 7.63. The average Bonchev–Trinajstić information content (AvgIpc) is 3.59. The van der Waals surface area contributed by atoms with Gasteiger partial charge in [0.15, 0.2) is 0 Å². The van der Waals surface area contributed by atoms with E-state index in [-0.39, 0.29) is 0 Å². The minimum atomic E-state index is 1.18. The summed E-state index contributed by atoms with van der Waals surface area (Å²) < 4.78 is 6.91. The van der Waals surface area contributed by atoms with E-state index in [1.54, 1.807) is 11.3 Å². The predicted molar refractivity (Wildman–Crippen MR) is 161 cm³/mol. The molecule has 7 aromatic rings. The van der Waals surface area contributed by atoms with E-state index in [1.807, 2.05) is 68.0 Å². The topological polar surface area (TPSA) is 0 Å². The summed E-state index contributed by atoms with van der Waals surface area (Å²) in [5, 5.41) is 2.23. The lowest BCUT2D eigenvalue weighted by atomic mass is 10.3. The molecule has 0 atom stereocenters. The van der Waals surface area contributed by atoms with Crippen molar-refractivity contribution < 1.29 is 0 Å². The van der Waals surface area contributed by atoms with Gasteiger partial charge >= 0.3 is 0 Å². The van der Waals surface area contributed by atoms with Gasteiger partial charge in [0.2, 0.25) is 0 Å². The second-order valence-corrected chi connectivity index (χ2v) is 16.4. The quantitative estimate of drug-likeness (QED) is 0.184. The summed E-state index contributed by atoms with van der Waals surface area (Å²) in [5.74, 6) is 0. The Bertz CT molecular complexity index is 1630. The Labute approximate surface area is 227 Å². The van der Waals surface area contributed by atoms with Gasteiger partial charge in [-0.1, -0.05) is 0 Å². The molecule has 7 rings (SSSR count). The zero-order chi connectivity index (χ0) is 22.1. The van der Waals surface area contributed by atoms with Crippen LogP contribution >= 0.6 is 95.3 Å². The van der Waals surface area contributed by atoms with Gasteiger partial charge in [-0.05, 0) is 88.4 Å². The summed E-state index contributed by atoms with van der Waals surface area (Å²) in [6.45, 7) is 2.17. The predicted octanol–water partition coefficient (Wildman–Crippen LogP) is 12.2. The first-order valence-electron chi connectivity index (χ1n) is 10.1. The standard InChI is InChI=1S/C25H13BrS7/c1-12-8-18(27-11-12)15-3-5-17(29-15)20-10-22-25(33-20)24-21(30-22)9-19(32-24)16-4-2-13(28-16)14-6-7-23(26)31-14/h2-11H,1H3. The molecular weight excluding hydrogens is 605 g/mol. The van der Waals surface area contributed by atoms with E-state index in [0.29, 0.717) is 0 Å². The van der Waals surface area contributed by atoms with Crippen molar-refractivity contribution >= 4 is 114 Å². The fraction of sp³-hybridized carbons (Fsp3) is 0.0400. The third kappa shape index (κ3) is 3.76. The Morgan fingerprint density at radius 1 is 0.515 bits per heavy atom. The normalized spacial score (nSPS) is 11.9. The van der Waals surface area contributed by atoms with E-state index in [9.17, 15) is 0 Å². The van der Waals surface area contributed by atoms with Crippen LogP contribution in [-0.4, -0.2) is 0 Å². The maximum absolute atomic E-state index is 3.58. The number of aryl methyl sites for hydroxylation is 1. The van der Waals surface area contributed by atoms with E-state index in [2.05, 4.69) is 82.8 Å². The van der Waals surface area contributed by atoms with Gasteiger partial charge in [0.25, 0.3) is 0 Å². The maximum Gasteiger partial charge on any atom is 0.0705 e. The molecule has 7 aromatic heterocycles. The summed E-state index contributed by atoms with van der Waals surface area (Å²) in [6.07, 6.45) is 0. The fourth-order valence-corrected chi connectivity index (χ4v) is 12.5. The Balaban J connectivity index is 1.24. The highest BCUT2D eigenvalue weighted by molar-refractivity contribution is 9.11. The van der Waals surface area contributed by atoms with Crippen molar-refractivity contribution in [2.75, 3.05) is 0 Å². The highest BCUT2D eigenvalue weighted by Gasteiger charge is 2.17. The lowest BCUT2D eigenvalue weighted by Crippen LogP contribution is -1.59. The van der Waals surface area contributed by atoms with Crippen LogP contribution in [0.2, 0.25) is 0 Å². The smallest absolute Gasteiger partial charge is 0.0705 e. The lowest BCUT2D eigenvalue weighted by molar-refractivity contribution is 1.56. The molecule has 162 valence electrons. The van der Waals surface area contributed by atoms with E-state index < -0.39 is 0 Å². The highest BCUT2D eigenvalue weighted by atomic mass is 79.9. The summed E-state index contributed by atoms with van der Waals surface area (Å²) >= 11 is 16.8. The van der Waals surface area contributed by atoms with E-state index in [0.717, 1.165) is 0 Å². The van der Waals surface area contributed by atoms with Crippen LogP contribution in [0.5, 0.6) is 0 Å². The molecule has 0 unspecified atom stereocenters. The molecule has 0 saturated carbocycles. The summed E-state index contributed by atoms with van der Waals surface area (Å²) in [4.78, 5) is 10.9. The number of hydrogen-bond acceptors (Lipinski definition) is 7. The van der Waals surface area contributed by atoms with Gasteiger partial charge in [0, 0.05) is 48.4 Å². The Morgan fingerprint density at radius 2 is 1.03 bits per heavy atom. The van der Waals surface area contributed by atoms with Crippen LogP contribution in [0.4, 0.5) is 0 Å². The number of halogens is 1. The number of fused-ring (bicyclic) bond motifs is 3. The van der Waals surface area contributed by atoms with Crippen LogP contribution in [-0.2, 0) is 0 Å². The first-order valence-corrected chi connectivity index (χ1v) is 16.7. The first kappa shape index (κ1) is 21.2. The number of hydrogen-bond donors (Lipinski definition) is 0. The zero-order valence-electron chi connectivity index (χ0n) is 17.0. The second kappa shape index (κ2) is 8.24. The number of thiophene rings is 7. The molecule has 33 heavy (non-hydrogen) atoms. The molecule has 0 saturated heterocycles. The van der Waals surface area contributed by atoms with Crippen molar-refractivity contribution in [1.29, 1.82) is 0 Å². The van der Waals surface area contributed by atoms with E-state index in [1.165, 1.54) is 67.2 Å². The molecule has 0 N–H and O–H groups in total. The van der Waals surface area contributed by atoms with Crippen LogP contribution in [0.25, 0.3) is 57.8 Å². The Hall–Kier alpha value is -1.10. The zero-order valence-corrected chi connectivity index (χ0v) is 24.3. The Morgan fingerprint density at radius 3 is 1.55 bits per heavy atom. The molecular formula is C25H13BrS7. The van der Waals surface area contributed by atoms with Crippen molar-refractivity contribution in [3.63, 3.8) is 0 Å². The molecule has 0 fully saturated rings. The highest BCUT2D eigenvalue weighted by Crippen LogP contribution is 2.50. The van der Waals surface area contributed by atoms with Gasteiger partial charge in [-0.15, -0.1) is 79.4 Å². The Kier molecular flexibility index (Phi) is 5.29. The van der Waals surface area contributed by atoms with Crippen molar-refractivity contribution in [1.82, 2.24) is 0 Å². The molecule has 0 nitrogen and oxygen atoms in total. The van der Waals surface area contributed by atoms with Crippen LogP contribution < -0.4 is 0 Å². The summed E-state index contributed by atoms with van der Waals surface area (Å²) in [6, 6.07) is 20.5. The van der Waals surface area contributed by atoms with Crippen molar-refractivity contribution in [3.05, 3.63) is 69.3 Å². The van der Waals surface area contributed by atoms with E-state index >= 15 is 0 Å². The van der Waals surface area contributed by atoms with Gasteiger partial charge in [-0.2, -0.15) is 0 Å². The van der Waals surface area contributed by atoms with Crippen LogP contribution in [0.3, 0.4) is 0 Å². The largest absolute Gasteiger partial charge is 0.143 e. The monoisotopic (exact) mass is 616 g/mol. The fourth-order valence-electron chi connectivity index (χ4n) is 3.79. The van der Waals surface area contributed by atoms with Gasteiger partial charge in [-0.25, -0.2) is 0 Å². The van der Waals surface area contributed by atoms with Crippen LogP contribution in [0, 0.1) is 6.92 Å². The molecule has 7 heterocycles. The summed E-state index contributed by atoms with van der Waals surface area (Å²) in [5.41, 5.74) is 1.35. The third-order valence-corrected chi connectivity index (χ3v) is 14.7. The minimum absolute atomic E-state index is 1.18. The molecule has 8 heteroatoms. The lowest BCUT2D eigenvalue weighted by Gasteiger charge is -1.90. The van der Waals surface area contributed by atoms with Crippen molar-refractivity contribution in [3.8, 4) is 39.0 Å². The third-order valence-electron chi connectivity index (χ3n) is 5.31. The molecule has 0 amide bonds. The van der Waals surface area contributed by atoms with Gasteiger partial charge in [0.05, 0.1) is 13.2 Å². The van der Waals surface area contributed by atoms with Gasteiger partial charge in [-0.3, -0.25) is 0 Å².